The van der Waals surface area contributed by atoms with Crippen LogP contribution in [0.15, 0.2) is 36.4 Å². The highest BCUT2D eigenvalue weighted by molar-refractivity contribution is 6.32. The summed E-state index contributed by atoms with van der Waals surface area (Å²) >= 11 is 6.09. The quantitative estimate of drug-likeness (QED) is 0.846. The van der Waals surface area contributed by atoms with Gasteiger partial charge in [-0.1, -0.05) is 41.9 Å². The normalized spacial score (nSPS) is 25.3. The predicted octanol–water partition coefficient (Wildman–Crippen LogP) is 2.84. The molecule has 1 heterocycles. The number of hydrogen-bond donors (Lipinski definition) is 2. The van der Waals surface area contributed by atoms with Crippen LogP contribution in [-0.2, 0) is 16.8 Å². The van der Waals surface area contributed by atoms with Gasteiger partial charge < -0.3 is 10.4 Å². The van der Waals surface area contributed by atoms with Crippen molar-refractivity contribution in [1.82, 2.24) is 0 Å². The Balaban J connectivity index is 1.87. The molecule has 23 heavy (non-hydrogen) atoms. The van der Waals surface area contributed by atoms with Crippen LogP contribution in [0.4, 0.5) is 5.69 Å². The minimum absolute atomic E-state index is 0.196. The first-order valence-electron chi connectivity index (χ1n) is 7.40. The van der Waals surface area contributed by atoms with Crippen molar-refractivity contribution in [3.63, 3.8) is 0 Å². The van der Waals surface area contributed by atoms with Crippen LogP contribution >= 0.6 is 11.6 Å². The fraction of sp³-hybridized carbons (Fsp3) is 0.222. The van der Waals surface area contributed by atoms with E-state index in [2.05, 4.69) is 5.32 Å². The summed E-state index contributed by atoms with van der Waals surface area (Å²) in [5, 5.41) is 14.4. The number of nitrogens with one attached hydrogen (secondary N) is 1. The molecule has 2 aromatic carbocycles. The number of fused-ring (bicyclic) bond motifs is 2. The lowest BCUT2D eigenvalue weighted by atomic mass is 9.79. The minimum Gasteiger partial charge on any atom is -0.375 e. The monoisotopic (exact) mass is 327 g/mol. The number of benzene rings is 2. The molecule has 0 radical (unpaired) electrons. The third kappa shape index (κ3) is 1.76. The van der Waals surface area contributed by atoms with E-state index < -0.39 is 17.4 Å². The largest absolute Gasteiger partial charge is 0.375 e. The Labute approximate surface area is 138 Å². The number of anilines is 1. The number of carbonyl (C=O) groups excluding carboxylic acids is 2. The van der Waals surface area contributed by atoms with E-state index in [9.17, 15) is 14.7 Å². The molecule has 0 fully saturated rings. The van der Waals surface area contributed by atoms with Crippen LogP contribution in [-0.4, -0.2) is 16.8 Å². The number of aliphatic hydroxyl groups is 1. The number of halogens is 1. The van der Waals surface area contributed by atoms with Crippen LogP contribution in [0.2, 0.25) is 5.02 Å². The van der Waals surface area contributed by atoms with Gasteiger partial charge in [0.1, 0.15) is 0 Å². The van der Waals surface area contributed by atoms with Gasteiger partial charge in [0.05, 0.1) is 11.6 Å². The summed E-state index contributed by atoms with van der Waals surface area (Å²) in [4.78, 5) is 25.3. The summed E-state index contributed by atoms with van der Waals surface area (Å²) in [7, 11) is 0. The van der Waals surface area contributed by atoms with Crippen molar-refractivity contribution >= 4 is 29.0 Å². The van der Waals surface area contributed by atoms with Gasteiger partial charge in [-0.3, -0.25) is 9.59 Å². The summed E-state index contributed by atoms with van der Waals surface area (Å²) in [6.07, 6.45) is 0.347. The van der Waals surface area contributed by atoms with E-state index >= 15 is 0 Å². The van der Waals surface area contributed by atoms with Crippen molar-refractivity contribution < 1.29 is 14.7 Å². The van der Waals surface area contributed by atoms with Gasteiger partial charge in [0.2, 0.25) is 0 Å². The van der Waals surface area contributed by atoms with Gasteiger partial charge in [-0.05, 0) is 30.5 Å². The molecule has 0 saturated carbocycles. The maximum absolute atomic E-state index is 12.7. The second kappa shape index (κ2) is 4.66. The fourth-order valence-corrected chi connectivity index (χ4v) is 3.78. The Morgan fingerprint density at radius 3 is 2.70 bits per heavy atom. The number of amides is 1. The van der Waals surface area contributed by atoms with Gasteiger partial charge >= 0.3 is 0 Å². The highest BCUT2D eigenvalue weighted by Gasteiger charge is 2.56. The van der Waals surface area contributed by atoms with Crippen molar-refractivity contribution in [2.75, 3.05) is 5.32 Å². The molecule has 116 valence electrons. The molecule has 5 heteroatoms. The first-order chi connectivity index (χ1) is 10.9. The van der Waals surface area contributed by atoms with Gasteiger partial charge in [-0.25, -0.2) is 0 Å². The first-order valence-corrected chi connectivity index (χ1v) is 7.78. The van der Waals surface area contributed by atoms with E-state index in [-0.39, 0.29) is 5.78 Å². The molecule has 2 aliphatic rings. The van der Waals surface area contributed by atoms with Crippen LogP contribution in [0.1, 0.15) is 27.0 Å². The Morgan fingerprint density at radius 2 is 1.96 bits per heavy atom. The molecule has 2 N–H and O–H groups in total. The Bertz CT molecular complexity index is 877. The molecule has 0 unspecified atom stereocenters. The van der Waals surface area contributed by atoms with Crippen molar-refractivity contribution in [1.29, 1.82) is 0 Å². The van der Waals surface area contributed by atoms with E-state index in [0.717, 1.165) is 5.56 Å². The van der Waals surface area contributed by atoms with Crippen LogP contribution in [0.25, 0.3) is 0 Å². The smallest absolute Gasteiger partial charge is 0.261 e. The SMILES string of the molecule is Cc1c(Cl)ccc2c1NC(=O)[C@]2(O)[C@@H]1Cc2ccccc2C1=O. The Morgan fingerprint density at radius 1 is 1.22 bits per heavy atom. The van der Waals surface area contributed by atoms with Gasteiger partial charge in [0.25, 0.3) is 5.91 Å². The zero-order valence-electron chi connectivity index (χ0n) is 12.4. The predicted molar refractivity (Wildman–Crippen MR) is 86.7 cm³/mol. The second-order valence-corrected chi connectivity index (χ2v) is 6.50. The van der Waals surface area contributed by atoms with Gasteiger partial charge in [-0.2, -0.15) is 0 Å². The van der Waals surface area contributed by atoms with Gasteiger partial charge in [0.15, 0.2) is 11.4 Å². The summed E-state index contributed by atoms with van der Waals surface area (Å²) < 4.78 is 0. The van der Waals surface area contributed by atoms with Crippen molar-refractivity contribution in [2.45, 2.75) is 18.9 Å². The van der Waals surface area contributed by atoms with E-state index in [0.29, 0.717) is 33.8 Å². The summed E-state index contributed by atoms with van der Waals surface area (Å²) in [6.45, 7) is 1.78. The molecule has 2 aromatic rings. The highest BCUT2D eigenvalue weighted by Crippen LogP contribution is 2.48. The maximum Gasteiger partial charge on any atom is 0.261 e. The number of carbonyl (C=O) groups is 2. The van der Waals surface area contributed by atoms with Gasteiger partial charge in [-0.15, -0.1) is 0 Å². The molecular formula is C18H14ClNO3. The lowest BCUT2D eigenvalue weighted by Gasteiger charge is -2.26. The number of ketones is 1. The molecule has 0 aromatic heterocycles. The molecule has 4 rings (SSSR count). The third-order valence-electron chi connectivity index (χ3n) is 4.92. The third-order valence-corrected chi connectivity index (χ3v) is 5.33. The first kappa shape index (κ1) is 14.4. The average molecular weight is 328 g/mol. The summed E-state index contributed by atoms with van der Waals surface area (Å²) in [6, 6.07) is 10.5. The van der Waals surface area contributed by atoms with Crippen molar-refractivity contribution in [3.05, 3.63) is 63.7 Å². The number of hydrogen-bond acceptors (Lipinski definition) is 3. The molecule has 0 bridgehead atoms. The minimum atomic E-state index is -1.86. The molecule has 1 aliphatic heterocycles. The van der Waals surface area contributed by atoms with Crippen LogP contribution in [0.5, 0.6) is 0 Å². The lowest BCUT2D eigenvalue weighted by Crippen LogP contribution is -2.44. The molecule has 1 aliphatic carbocycles. The second-order valence-electron chi connectivity index (χ2n) is 6.09. The summed E-state index contributed by atoms with van der Waals surface area (Å²) in [5.41, 5.74) is 1.21. The van der Waals surface area contributed by atoms with E-state index in [1.54, 1.807) is 31.2 Å². The molecule has 0 spiro atoms. The zero-order valence-corrected chi connectivity index (χ0v) is 13.1. The van der Waals surface area contributed by atoms with Crippen LogP contribution in [0, 0.1) is 12.8 Å². The maximum atomic E-state index is 12.7. The Kier molecular flexibility index (Phi) is 2.92. The molecule has 0 saturated heterocycles. The molecule has 2 atom stereocenters. The molecule has 4 nitrogen and oxygen atoms in total. The van der Waals surface area contributed by atoms with E-state index in [4.69, 9.17) is 11.6 Å². The number of rotatable bonds is 1. The average Bonchev–Trinajstić information content (AvgIpc) is 3.01. The standard InChI is InChI=1S/C18H14ClNO3/c1-9-14(19)7-6-12-15(9)20-17(22)18(12,23)13-8-10-4-2-3-5-11(10)16(13)21/h2-7,13,23H,8H2,1H3,(H,20,22)/t13-,18-/m1/s1. The van der Waals surface area contributed by atoms with Crippen molar-refractivity contribution in [2.24, 2.45) is 5.92 Å². The summed E-state index contributed by atoms with van der Waals surface area (Å²) in [5.74, 6) is -1.58. The highest BCUT2D eigenvalue weighted by atomic mass is 35.5. The number of Topliss-reactive ketones (excluding diaryl/α,β-unsaturated/α-hetero) is 1. The zero-order chi connectivity index (χ0) is 16.4. The van der Waals surface area contributed by atoms with Crippen LogP contribution in [0.3, 0.4) is 0 Å². The van der Waals surface area contributed by atoms with Crippen molar-refractivity contribution in [3.8, 4) is 0 Å². The molecule has 1 amide bonds. The fourth-order valence-electron chi connectivity index (χ4n) is 3.62. The molecular weight excluding hydrogens is 314 g/mol. The van der Waals surface area contributed by atoms with E-state index in [1.165, 1.54) is 0 Å². The van der Waals surface area contributed by atoms with E-state index in [1.807, 2.05) is 12.1 Å². The Hall–Kier alpha value is -2.17. The lowest BCUT2D eigenvalue weighted by molar-refractivity contribution is -0.137. The van der Waals surface area contributed by atoms with Gasteiger partial charge in [0, 0.05) is 16.1 Å². The topological polar surface area (TPSA) is 66.4 Å². The van der Waals surface area contributed by atoms with Crippen LogP contribution < -0.4 is 5.32 Å².